The Balaban J connectivity index is 2.74. The second-order valence-corrected chi connectivity index (χ2v) is 3.13. The minimum atomic E-state index is -1.87. The largest absolute Gasteiger partial charge is 0.306 e. The van der Waals surface area contributed by atoms with Crippen LogP contribution in [0.3, 0.4) is 0 Å². The third-order valence-electron chi connectivity index (χ3n) is 0.959. The van der Waals surface area contributed by atoms with Crippen LogP contribution in [-0.2, 0) is 16.8 Å². The normalized spacial score (nSPS) is 12.9. The molecule has 0 radical (unpaired) electrons. The predicted octanol–water partition coefficient (Wildman–Crippen LogP) is 0.852. The van der Waals surface area contributed by atoms with Crippen molar-refractivity contribution in [1.29, 1.82) is 0 Å². The molecule has 0 aliphatic rings. The Morgan fingerprint density at radius 3 is 2.73 bits per heavy atom. The van der Waals surface area contributed by atoms with E-state index in [1.807, 2.05) is 0 Å². The number of hydrogen-bond donors (Lipinski definition) is 1. The fourth-order valence-electron chi connectivity index (χ4n) is 0.547. The number of halogens is 1. The van der Waals surface area contributed by atoms with E-state index in [1.165, 1.54) is 6.07 Å². The molecule has 1 unspecified atom stereocenters. The standard InChI is InChI=1S/C5H5ClN2O2S/c6-5-2-1-4(7-8-5)3-11(9)10/h1-2H,3H2,(H,9,10). The summed E-state index contributed by atoms with van der Waals surface area (Å²) in [5.41, 5.74) is 0.454. The molecule has 0 saturated carbocycles. The Morgan fingerprint density at radius 2 is 2.27 bits per heavy atom. The third kappa shape index (κ3) is 2.92. The van der Waals surface area contributed by atoms with Crippen molar-refractivity contribution in [2.45, 2.75) is 5.75 Å². The number of hydrogen-bond acceptors (Lipinski definition) is 3. The van der Waals surface area contributed by atoms with E-state index in [1.54, 1.807) is 6.07 Å². The molecule has 1 N–H and O–H groups in total. The number of aromatic nitrogens is 2. The van der Waals surface area contributed by atoms with Crippen LogP contribution in [0.5, 0.6) is 0 Å². The predicted molar refractivity (Wildman–Crippen MR) is 41.5 cm³/mol. The molecule has 0 amide bonds. The highest BCUT2D eigenvalue weighted by molar-refractivity contribution is 7.78. The van der Waals surface area contributed by atoms with Crippen molar-refractivity contribution in [3.63, 3.8) is 0 Å². The zero-order valence-corrected chi connectivity index (χ0v) is 6.97. The van der Waals surface area contributed by atoms with Crippen LogP contribution in [-0.4, -0.2) is 19.0 Å². The Morgan fingerprint density at radius 1 is 1.55 bits per heavy atom. The highest BCUT2D eigenvalue weighted by Gasteiger charge is 1.99. The molecule has 1 aromatic heterocycles. The van der Waals surface area contributed by atoms with Gasteiger partial charge in [0.15, 0.2) is 16.2 Å². The van der Waals surface area contributed by atoms with Crippen molar-refractivity contribution in [2.75, 3.05) is 0 Å². The zero-order chi connectivity index (χ0) is 8.27. The summed E-state index contributed by atoms with van der Waals surface area (Å²) in [5.74, 6) is -0.00975. The van der Waals surface area contributed by atoms with E-state index in [4.69, 9.17) is 16.2 Å². The van der Waals surface area contributed by atoms with Gasteiger partial charge in [-0.15, -0.1) is 5.10 Å². The molecular formula is C5H5ClN2O2S. The van der Waals surface area contributed by atoms with Gasteiger partial charge >= 0.3 is 0 Å². The van der Waals surface area contributed by atoms with Crippen molar-refractivity contribution in [1.82, 2.24) is 10.2 Å². The third-order valence-corrected chi connectivity index (χ3v) is 1.70. The molecule has 0 aromatic carbocycles. The topological polar surface area (TPSA) is 63.1 Å². The lowest BCUT2D eigenvalue weighted by Crippen LogP contribution is -1.97. The minimum Gasteiger partial charge on any atom is -0.306 e. The van der Waals surface area contributed by atoms with Crippen LogP contribution in [0.15, 0.2) is 12.1 Å². The Labute approximate surface area is 70.9 Å². The molecule has 60 valence electrons. The molecule has 11 heavy (non-hydrogen) atoms. The minimum absolute atomic E-state index is 0.00975. The van der Waals surface area contributed by atoms with Crippen LogP contribution in [0.2, 0.25) is 5.15 Å². The fourth-order valence-corrected chi connectivity index (χ4v) is 1.05. The molecule has 0 aliphatic carbocycles. The fraction of sp³-hybridized carbons (Fsp3) is 0.200. The quantitative estimate of drug-likeness (QED) is 0.706. The van der Waals surface area contributed by atoms with E-state index in [-0.39, 0.29) is 10.9 Å². The molecule has 0 saturated heterocycles. The molecule has 4 nitrogen and oxygen atoms in total. The summed E-state index contributed by atoms with van der Waals surface area (Å²) < 4.78 is 18.7. The van der Waals surface area contributed by atoms with Crippen LogP contribution < -0.4 is 0 Å². The Hall–Kier alpha value is -0.520. The van der Waals surface area contributed by atoms with Gasteiger partial charge in [0.05, 0.1) is 11.4 Å². The van der Waals surface area contributed by atoms with Crippen LogP contribution in [0.4, 0.5) is 0 Å². The van der Waals surface area contributed by atoms with Gasteiger partial charge in [-0.05, 0) is 12.1 Å². The molecule has 0 bridgehead atoms. The molecular weight excluding hydrogens is 188 g/mol. The Bertz CT molecular complexity index is 264. The lowest BCUT2D eigenvalue weighted by Gasteiger charge is -1.93. The first-order valence-electron chi connectivity index (χ1n) is 2.74. The lowest BCUT2D eigenvalue weighted by atomic mass is 10.4. The molecule has 1 atom stereocenters. The molecule has 0 fully saturated rings. The average molecular weight is 193 g/mol. The first-order chi connectivity index (χ1) is 5.18. The van der Waals surface area contributed by atoms with Gasteiger partial charge in [0, 0.05) is 0 Å². The monoisotopic (exact) mass is 192 g/mol. The van der Waals surface area contributed by atoms with Crippen LogP contribution in [0.25, 0.3) is 0 Å². The maximum Gasteiger partial charge on any atom is 0.159 e. The molecule has 0 aliphatic heterocycles. The van der Waals surface area contributed by atoms with Gasteiger partial charge < -0.3 is 4.55 Å². The Kier molecular flexibility index (Phi) is 2.92. The average Bonchev–Trinajstić information content (AvgIpc) is 1.93. The van der Waals surface area contributed by atoms with Gasteiger partial charge in [-0.3, -0.25) is 0 Å². The van der Waals surface area contributed by atoms with Crippen LogP contribution >= 0.6 is 11.6 Å². The second-order valence-electron chi connectivity index (χ2n) is 1.81. The maximum atomic E-state index is 10.3. The van der Waals surface area contributed by atoms with Gasteiger partial charge in [0.25, 0.3) is 0 Å². The summed E-state index contributed by atoms with van der Waals surface area (Å²) in [5, 5.41) is 7.36. The van der Waals surface area contributed by atoms with Gasteiger partial charge in [0.2, 0.25) is 0 Å². The second kappa shape index (κ2) is 3.75. The SMILES string of the molecule is O=S(O)Cc1ccc(Cl)nn1. The van der Waals surface area contributed by atoms with E-state index in [9.17, 15) is 4.21 Å². The van der Waals surface area contributed by atoms with Crippen LogP contribution in [0, 0.1) is 0 Å². The first-order valence-corrected chi connectivity index (χ1v) is 4.39. The number of nitrogens with zero attached hydrogens (tertiary/aromatic N) is 2. The van der Waals surface area contributed by atoms with Gasteiger partial charge in [-0.25, -0.2) is 4.21 Å². The smallest absolute Gasteiger partial charge is 0.159 e. The highest BCUT2D eigenvalue weighted by atomic mass is 35.5. The van der Waals surface area contributed by atoms with E-state index >= 15 is 0 Å². The first kappa shape index (κ1) is 8.58. The van der Waals surface area contributed by atoms with Crippen molar-refractivity contribution in [3.8, 4) is 0 Å². The lowest BCUT2D eigenvalue weighted by molar-refractivity contribution is 0.562. The molecule has 0 spiro atoms. The van der Waals surface area contributed by atoms with Gasteiger partial charge in [-0.1, -0.05) is 11.6 Å². The summed E-state index contributed by atoms with van der Waals surface area (Å²) in [4.78, 5) is 0. The van der Waals surface area contributed by atoms with E-state index in [2.05, 4.69) is 10.2 Å². The highest BCUT2D eigenvalue weighted by Crippen LogP contribution is 2.03. The van der Waals surface area contributed by atoms with E-state index in [0.29, 0.717) is 5.69 Å². The summed E-state index contributed by atoms with van der Waals surface area (Å²) in [6.07, 6.45) is 0. The summed E-state index contributed by atoms with van der Waals surface area (Å²) in [6.45, 7) is 0. The molecule has 1 aromatic rings. The summed E-state index contributed by atoms with van der Waals surface area (Å²) >= 11 is 3.57. The summed E-state index contributed by atoms with van der Waals surface area (Å²) in [6, 6.07) is 3.08. The molecule has 1 rings (SSSR count). The number of rotatable bonds is 2. The molecule has 6 heteroatoms. The van der Waals surface area contributed by atoms with Crippen molar-refractivity contribution in [2.24, 2.45) is 0 Å². The van der Waals surface area contributed by atoms with E-state index in [0.717, 1.165) is 0 Å². The van der Waals surface area contributed by atoms with E-state index < -0.39 is 11.1 Å². The van der Waals surface area contributed by atoms with Gasteiger partial charge in [0.1, 0.15) is 0 Å². The van der Waals surface area contributed by atoms with Crippen molar-refractivity contribution < 1.29 is 8.76 Å². The van der Waals surface area contributed by atoms with Crippen LogP contribution in [0.1, 0.15) is 5.69 Å². The van der Waals surface area contributed by atoms with Gasteiger partial charge in [-0.2, -0.15) is 5.10 Å². The zero-order valence-electron chi connectivity index (χ0n) is 5.40. The van der Waals surface area contributed by atoms with Crippen molar-refractivity contribution >= 4 is 22.7 Å². The maximum absolute atomic E-state index is 10.3. The summed E-state index contributed by atoms with van der Waals surface area (Å²) in [7, 11) is 0. The molecule has 1 heterocycles. The van der Waals surface area contributed by atoms with Crippen molar-refractivity contribution in [3.05, 3.63) is 23.0 Å².